The number of hydrogen-bond donors (Lipinski definition) is 12. The predicted octanol–water partition coefficient (Wildman–Crippen LogP) is -7.83. The summed E-state index contributed by atoms with van der Waals surface area (Å²) in [7, 11) is 0. The van der Waals surface area contributed by atoms with Crippen LogP contribution in [-0.4, -0.2) is 166 Å². The first-order valence-electron chi connectivity index (χ1n) is 13.6. The van der Waals surface area contributed by atoms with Crippen LogP contribution >= 0.6 is 0 Å². The van der Waals surface area contributed by atoms with Crippen LogP contribution in [0.4, 0.5) is 0 Å². The largest absolute Gasteiger partial charge is 0.394 e. The van der Waals surface area contributed by atoms with Crippen LogP contribution < -0.4 is 28.7 Å². The van der Waals surface area contributed by atoms with E-state index in [4.69, 9.17) is 57.1 Å². The minimum absolute atomic E-state index is 0.0449. The highest BCUT2D eigenvalue weighted by atomic mass is 16.8. The molecule has 1 saturated carbocycles. The molecule has 8 unspecified atom stereocenters. The van der Waals surface area contributed by atoms with E-state index >= 15 is 0 Å². The van der Waals surface area contributed by atoms with Gasteiger partial charge in [0.05, 0.1) is 37.5 Å². The molecule has 0 amide bonds. The summed E-state index contributed by atoms with van der Waals surface area (Å²) in [4.78, 5) is 0. The third kappa shape index (κ3) is 6.70. The fourth-order valence-electron chi connectivity index (χ4n) is 5.72. The molecule has 0 aromatic carbocycles. The maximum absolute atomic E-state index is 11.7. The van der Waals surface area contributed by atoms with Crippen LogP contribution in [0.2, 0.25) is 0 Å². The molecule has 4 aliphatic rings. The maximum Gasteiger partial charge on any atom is 0.219 e. The molecule has 4 rings (SSSR count). The zero-order valence-corrected chi connectivity index (χ0v) is 22.4. The van der Waals surface area contributed by atoms with Crippen molar-refractivity contribution in [2.24, 2.45) is 28.7 Å². The van der Waals surface area contributed by atoms with Gasteiger partial charge in [0.25, 0.3) is 0 Å². The first-order chi connectivity index (χ1) is 19.3. The number of hydrogen-bond acceptors (Lipinski definition) is 18. The number of nitrogens with two attached hydrogens (primary N) is 5. The van der Waals surface area contributed by atoms with Crippen LogP contribution in [0.15, 0.2) is 0 Å². The summed E-state index contributed by atoms with van der Waals surface area (Å²) in [5, 5.41) is 72.8. The van der Waals surface area contributed by atoms with E-state index in [2.05, 4.69) is 0 Å². The van der Waals surface area contributed by atoms with Crippen LogP contribution in [0.1, 0.15) is 12.8 Å². The van der Waals surface area contributed by atoms with Crippen molar-refractivity contribution in [3.05, 3.63) is 0 Å². The van der Waals surface area contributed by atoms with Crippen molar-refractivity contribution >= 4 is 0 Å². The molecule has 18 heteroatoms. The van der Waals surface area contributed by atoms with Crippen molar-refractivity contribution < 1.29 is 64.2 Å². The zero-order chi connectivity index (χ0) is 30.2. The normalized spacial score (nSPS) is 53.0. The van der Waals surface area contributed by atoms with E-state index in [1.807, 2.05) is 0 Å². The summed E-state index contributed by atoms with van der Waals surface area (Å²) < 4.78 is 34.7. The van der Waals surface area contributed by atoms with Gasteiger partial charge in [-0.2, -0.15) is 0 Å². The lowest BCUT2D eigenvalue weighted by Crippen LogP contribution is -2.68. The molecule has 17 N–H and O–H groups in total. The Labute approximate surface area is 236 Å². The molecule has 1 aliphatic carbocycles. The molecule has 0 spiro atoms. The average molecular weight is 600 g/mol. The minimum atomic E-state index is -2.36. The molecule has 0 aromatic heterocycles. The Morgan fingerprint density at radius 3 is 2.02 bits per heavy atom. The summed E-state index contributed by atoms with van der Waals surface area (Å²) in [5.74, 6) is -2.36. The second-order valence-corrected chi connectivity index (χ2v) is 11.2. The molecular formula is C23H45N5O13. The molecule has 240 valence electrons. The fraction of sp³-hybridized carbons (Fsp3) is 1.00. The fourth-order valence-corrected chi connectivity index (χ4v) is 5.72. The molecule has 41 heavy (non-hydrogen) atoms. The molecular weight excluding hydrogens is 554 g/mol. The van der Waals surface area contributed by atoms with Crippen LogP contribution in [-0.2, 0) is 28.4 Å². The van der Waals surface area contributed by atoms with Gasteiger partial charge in [-0.25, -0.2) is 0 Å². The second-order valence-electron chi connectivity index (χ2n) is 11.2. The third-order valence-corrected chi connectivity index (χ3v) is 8.21. The predicted molar refractivity (Wildman–Crippen MR) is 135 cm³/mol. The van der Waals surface area contributed by atoms with Crippen LogP contribution in [0.25, 0.3) is 0 Å². The maximum atomic E-state index is 11.7. The number of rotatable bonds is 9. The number of ether oxygens (including phenoxy) is 6. The van der Waals surface area contributed by atoms with Gasteiger partial charge in [-0.05, 0) is 12.8 Å². The van der Waals surface area contributed by atoms with Gasteiger partial charge in [0.1, 0.15) is 55.4 Å². The van der Waals surface area contributed by atoms with Gasteiger partial charge in [-0.3, -0.25) is 0 Å². The first kappa shape index (κ1) is 33.2. The van der Waals surface area contributed by atoms with Gasteiger partial charge >= 0.3 is 0 Å². The van der Waals surface area contributed by atoms with Gasteiger partial charge in [0.15, 0.2) is 12.6 Å². The van der Waals surface area contributed by atoms with Crippen molar-refractivity contribution in [2.75, 3.05) is 26.4 Å². The Morgan fingerprint density at radius 2 is 1.39 bits per heavy atom. The highest BCUT2D eigenvalue weighted by molar-refractivity contribution is 5.03. The molecule has 3 saturated heterocycles. The Hall–Kier alpha value is -0.720. The van der Waals surface area contributed by atoms with E-state index in [-0.39, 0.29) is 19.4 Å². The van der Waals surface area contributed by atoms with E-state index in [1.54, 1.807) is 0 Å². The van der Waals surface area contributed by atoms with E-state index in [0.717, 1.165) is 0 Å². The monoisotopic (exact) mass is 599 g/mol. The van der Waals surface area contributed by atoms with Gasteiger partial charge in [-0.1, -0.05) is 0 Å². The number of aliphatic hydroxyl groups is 7. The molecule has 0 bridgehead atoms. The van der Waals surface area contributed by atoms with Crippen LogP contribution in [0.5, 0.6) is 0 Å². The standard InChI is InChI=1S/C23H45N5O13/c24-3-11-16(33)17(34)14(28)22(37-11)40-20-13(5-30)36-6-23(20,35)41-19-15(32)7(25)1-8(26)18(19)39-21-9(27)2-10(31)12(4-29)38-21/h7-22,29-35H,1-6,24-28H2/t7-,8?,9?,10+,11?,12?,13-,14?,15?,16-,17?,18-,19?,20+,21-,22-,23-/m1/s1. The summed E-state index contributed by atoms with van der Waals surface area (Å²) in [6.45, 7) is -1.86. The van der Waals surface area contributed by atoms with Gasteiger partial charge in [0.2, 0.25) is 5.79 Å². The topological polar surface area (TPSA) is 327 Å². The molecule has 0 aromatic rings. The summed E-state index contributed by atoms with van der Waals surface area (Å²) in [5.41, 5.74) is 30.2. The lowest BCUT2D eigenvalue weighted by molar-refractivity contribution is -0.349. The van der Waals surface area contributed by atoms with E-state index in [1.165, 1.54) is 0 Å². The smallest absolute Gasteiger partial charge is 0.219 e. The Bertz CT molecular complexity index is 852. The van der Waals surface area contributed by atoms with Crippen LogP contribution in [0.3, 0.4) is 0 Å². The highest BCUT2D eigenvalue weighted by Crippen LogP contribution is 2.37. The van der Waals surface area contributed by atoms with Crippen molar-refractivity contribution in [3.8, 4) is 0 Å². The van der Waals surface area contributed by atoms with E-state index in [0.29, 0.717) is 0 Å². The van der Waals surface area contributed by atoms with Crippen molar-refractivity contribution in [2.45, 2.75) is 116 Å². The molecule has 4 fully saturated rings. The Balaban J connectivity index is 1.56. The molecule has 3 aliphatic heterocycles. The number of aliphatic hydroxyl groups excluding tert-OH is 6. The highest BCUT2D eigenvalue weighted by Gasteiger charge is 2.58. The lowest BCUT2D eigenvalue weighted by Gasteiger charge is -2.48. The second kappa shape index (κ2) is 13.5. The SMILES string of the molecule is NCC1O[C@H](O[C@H]2[C@@H](CO)OC[C@@]2(O)OC2C(O)[C@H](N)CC(N)[C@H]2O[C@H]2OC(CO)[C@@H](O)CC2N)C(N)C(O)[C@@H]1O. The summed E-state index contributed by atoms with van der Waals surface area (Å²) in [6, 6.07) is -3.85. The van der Waals surface area contributed by atoms with Gasteiger partial charge in [-0.15, -0.1) is 0 Å². The van der Waals surface area contributed by atoms with Gasteiger partial charge < -0.3 is 92.8 Å². The molecule has 3 heterocycles. The van der Waals surface area contributed by atoms with E-state index in [9.17, 15) is 35.7 Å². The minimum Gasteiger partial charge on any atom is -0.394 e. The van der Waals surface area contributed by atoms with Crippen molar-refractivity contribution in [1.29, 1.82) is 0 Å². The van der Waals surface area contributed by atoms with Crippen molar-refractivity contribution in [1.82, 2.24) is 0 Å². The van der Waals surface area contributed by atoms with Gasteiger partial charge in [0, 0.05) is 18.6 Å². The Morgan fingerprint density at radius 1 is 0.732 bits per heavy atom. The van der Waals surface area contributed by atoms with Crippen LogP contribution in [0, 0.1) is 0 Å². The summed E-state index contributed by atoms with van der Waals surface area (Å²) >= 11 is 0. The quantitative estimate of drug-likeness (QED) is 0.109. The average Bonchev–Trinajstić information content (AvgIpc) is 3.25. The Kier molecular flexibility index (Phi) is 10.9. The first-order valence-corrected chi connectivity index (χ1v) is 13.6. The lowest BCUT2D eigenvalue weighted by atomic mass is 9.84. The molecule has 18 nitrogen and oxygen atoms in total. The zero-order valence-electron chi connectivity index (χ0n) is 22.4. The van der Waals surface area contributed by atoms with E-state index < -0.39 is 123 Å². The molecule has 17 atom stereocenters. The third-order valence-electron chi connectivity index (χ3n) is 8.21. The molecule has 0 radical (unpaired) electrons. The summed E-state index contributed by atoms with van der Waals surface area (Å²) in [6.07, 6.45) is -15.0. The van der Waals surface area contributed by atoms with Crippen molar-refractivity contribution in [3.63, 3.8) is 0 Å².